The summed E-state index contributed by atoms with van der Waals surface area (Å²) in [5.74, 6) is 4.95. The number of carbonyl (C=O) groups is 1. The normalized spacial score (nSPS) is 10.1. The van der Waals surface area contributed by atoms with Crippen molar-refractivity contribution in [1.82, 2.24) is 4.90 Å². The first-order valence-electron chi connectivity index (χ1n) is 5.50. The van der Waals surface area contributed by atoms with Crippen LogP contribution in [0.15, 0.2) is 18.2 Å². The molecular weight excluding hydrogens is 252 g/mol. The van der Waals surface area contributed by atoms with E-state index in [9.17, 15) is 14.9 Å². The van der Waals surface area contributed by atoms with Crippen molar-refractivity contribution in [2.75, 3.05) is 32.7 Å². The van der Waals surface area contributed by atoms with Crippen LogP contribution in [0, 0.1) is 10.1 Å². The van der Waals surface area contributed by atoms with Gasteiger partial charge in [-0.15, -0.1) is 0 Å². The number of nitrogens with two attached hydrogens (primary N) is 1. The molecule has 19 heavy (non-hydrogen) atoms. The molecule has 0 radical (unpaired) electrons. The first kappa shape index (κ1) is 14.9. The minimum atomic E-state index is -0.571. The molecule has 0 aliphatic rings. The number of hydrogen-bond acceptors (Lipinski definition) is 6. The van der Waals surface area contributed by atoms with Gasteiger partial charge in [0.25, 0.3) is 11.6 Å². The van der Waals surface area contributed by atoms with Gasteiger partial charge in [-0.2, -0.15) is 0 Å². The summed E-state index contributed by atoms with van der Waals surface area (Å²) in [5, 5.41) is 10.7. The predicted octanol–water partition coefficient (Wildman–Crippen LogP) is 0.599. The third-order valence-electron chi connectivity index (χ3n) is 2.57. The number of nitro benzene ring substituents is 1. The SMILES string of the molecule is COCCN(C)C(=O)c1ccc([N+](=O)[O-])c(NN)c1. The lowest BCUT2D eigenvalue weighted by Crippen LogP contribution is -2.30. The Kier molecular flexibility index (Phi) is 5.22. The summed E-state index contributed by atoms with van der Waals surface area (Å²) in [6, 6.07) is 3.99. The lowest BCUT2D eigenvalue weighted by molar-refractivity contribution is -0.384. The Bertz CT molecular complexity index is 478. The molecule has 1 aromatic carbocycles. The molecule has 3 N–H and O–H groups in total. The standard InChI is InChI=1S/C11H16N4O4/c1-14(5-6-19-2)11(16)8-3-4-10(15(17)18)9(7-8)13-12/h3-4,7,13H,5-6,12H2,1-2H3. The molecule has 0 atom stereocenters. The fourth-order valence-electron chi connectivity index (χ4n) is 1.49. The number of amides is 1. The third-order valence-corrected chi connectivity index (χ3v) is 2.57. The molecule has 0 spiro atoms. The van der Waals surface area contributed by atoms with Gasteiger partial charge in [0.15, 0.2) is 0 Å². The number of nitrogen functional groups attached to an aromatic ring is 1. The number of rotatable bonds is 6. The van der Waals surface area contributed by atoms with Crippen LogP contribution in [0.5, 0.6) is 0 Å². The predicted molar refractivity (Wildman–Crippen MR) is 69.7 cm³/mol. The second-order valence-electron chi connectivity index (χ2n) is 3.85. The summed E-state index contributed by atoms with van der Waals surface area (Å²) in [6.07, 6.45) is 0. The average Bonchev–Trinajstić information content (AvgIpc) is 2.42. The van der Waals surface area contributed by atoms with Crippen LogP contribution in [0.1, 0.15) is 10.4 Å². The lowest BCUT2D eigenvalue weighted by atomic mass is 10.1. The van der Waals surface area contributed by atoms with Crippen LogP contribution in [0.25, 0.3) is 0 Å². The van der Waals surface area contributed by atoms with Crippen molar-refractivity contribution in [2.45, 2.75) is 0 Å². The fraction of sp³-hybridized carbons (Fsp3) is 0.364. The Hall–Kier alpha value is -2.19. The van der Waals surface area contributed by atoms with Gasteiger partial charge < -0.3 is 15.1 Å². The first-order valence-corrected chi connectivity index (χ1v) is 5.50. The van der Waals surface area contributed by atoms with Gasteiger partial charge in [0.1, 0.15) is 5.69 Å². The van der Waals surface area contributed by atoms with Gasteiger partial charge in [-0.3, -0.25) is 20.8 Å². The van der Waals surface area contributed by atoms with Crippen LogP contribution in [-0.2, 0) is 4.74 Å². The van der Waals surface area contributed by atoms with Crippen LogP contribution in [0.2, 0.25) is 0 Å². The van der Waals surface area contributed by atoms with Crippen molar-refractivity contribution in [1.29, 1.82) is 0 Å². The van der Waals surface area contributed by atoms with Crippen LogP contribution < -0.4 is 11.3 Å². The number of hydrogen-bond donors (Lipinski definition) is 2. The van der Waals surface area contributed by atoms with E-state index in [0.717, 1.165) is 0 Å². The number of benzene rings is 1. The second-order valence-corrected chi connectivity index (χ2v) is 3.85. The third kappa shape index (κ3) is 3.63. The van der Waals surface area contributed by atoms with E-state index >= 15 is 0 Å². The summed E-state index contributed by atoms with van der Waals surface area (Å²) in [7, 11) is 3.17. The van der Waals surface area contributed by atoms with Gasteiger partial charge >= 0.3 is 0 Å². The van der Waals surface area contributed by atoms with Gasteiger partial charge in [0, 0.05) is 32.3 Å². The molecule has 0 heterocycles. The lowest BCUT2D eigenvalue weighted by Gasteiger charge is -2.17. The van der Waals surface area contributed by atoms with Crippen LogP contribution in [-0.4, -0.2) is 43.0 Å². The smallest absolute Gasteiger partial charge is 0.293 e. The molecule has 0 saturated carbocycles. The molecule has 0 aromatic heterocycles. The Morgan fingerprint density at radius 3 is 2.79 bits per heavy atom. The number of anilines is 1. The van der Waals surface area contributed by atoms with Crippen molar-refractivity contribution in [3.8, 4) is 0 Å². The van der Waals surface area contributed by atoms with Crippen molar-refractivity contribution >= 4 is 17.3 Å². The zero-order chi connectivity index (χ0) is 14.4. The van der Waals surface area contributed by atoms with E-state index in [1.54, 1.807) is 14.2 Å². The molecule has 0 fully saturated rings. The van der Waals surface area contributed by atoms with E-state index in [1.165, 1.54) is 23.1 Å². The summed E-state index contributed by atoms with van der Waals surface area (Å²) >= 11 is 0. The quantitative estimate of drug-likeness (QED) is 0.444. The minimum absolute atomic E-state index is 0.0935. The summed E-state index contributed by atoms with van der Waals surface area (Å²) in [4.78, 5) is 23.7. The molecule has 0 aliphatic heterocycles. The Balaban J connectivity index is 2.95. The second kappa shape index (κ2) is 6.66. The van der Waals surface area contributed by atoms with E-state index in [1.807, 2.05) is 0 Å². The Morgan fingerprint density at radius 2 is 2.26 bits per heavy atom. The Labute approximate surface area is 110 Å². The number of nitrogens with zero attached hydrogens (tertiary/aromatic N) is 2. The maximum atomic E-state index is 12.0. The van der Waals surface area contributed by atoms with E-state index < -0.39 is 4.92 Å². The molecule has 1 amide bonds. The molecule has 1 aromatic rings. The number of likely N-dealkylation sites (N-methyl/N-ethyl adjacent to an activating group) is 1. The maximum Gasteiger partial charge on any atom is 0.293 e. The van der Waals surface area contributed by atoms with E-state index in [-0.39, 0.29) is 17.3 Å². The number of ether oxygens (including phenoxy) is 1. The van der Waals surface area contributed by atoms with E-state index in [0.29, 0.717) is 18.7 Å². The van der Waals surface area contributed by atoms with E-state index in [4.69, 9.17) is 10.6 Å². The van der Waals surface area contributed by atoms with Gasteiger partial charge in [-0.05, 0) is 12.1 Å². The number of methoxy groups -OCH3 is 1. The molecule has 0 bridgehead atoms. The van der Waals surface area contributed by atoms with Crippen molar-refractivity contribution in [3.63, 3.8) is 0 Å². The molecule has 104 valence electrons. The van der Waals surface area contributed by atoms with Crippen LogP contribution in [0.4, 0.5) is 11.4 Å². The van der Waals surface area contributed by atoms with E-state index in [2.05, 4.69) is 5.43 Å². The monoisotopic (exact) mass is 268 g/mol. The van der Waals surface area contributed by atoms with Gasteiger partial charge in [-0.25, -0.2) is 0 Å². The highest BCUT2D eigenvalue weighted by atomic mass is 16.6. The first-order chi connectivity index (χ1) is 9.01. The fourth-order valence-corrected chi connectivity index (χ4v) is 1.49. The van der Waals surface area contributed by atoms with Gasteiger partial charge in [0.05, 0.1) is 11.5 Å². The van der Waals surface area contributed by atoms with Crippen molar-refractivity contribution in [2.24, 2.45) is 5.84 Å². The highest BCUT2D eigenvalue weighted by Gasteiger charge is 2.18. The highest BCUT2D eigenvalue weighted by molar-refractivity contribution is 5.95. The largest absolute Gasteiger partial charge is 0.383 e. The maximum absolute atomic E-state index is 12.0. The van der Waals surface area contributed by atoms with Crippen molar-refractivity contribution < 1.29 is 14.5 Å². The highest BCUT2D eigenvalue weighted by Crippen LogP contribution is 2.24. The molecular formula is C11H16N4O4. The summed E-state index contributed by atoms with van der Waals surface area (Å²) in [5.41, 5.74) is 2.45. The summed E-state index contributed by atoms with van der Waals surface area (Å²) in [6.45, 7) is 0.842. The Morgan fingerprint density at radius 1 is 1.58 bits per heavy atom. The average molecular weight is 268 g/mol. The molecule has 1 rings (SSSR count). The number of nitro groups is 1. The molecule has 0 aliphatic carbocycles. The topological polar surface area (TPSA) is 111 Å². The van der Waals surface area contributed by atoms with Gasteiger partial charge in [0.2, 0.25) is 0 Å². The van der Waals surface area contributed by atoms with Crippen LogP contribution in [0.3, 0.4) is 0 Å². The van der Waals surface area contributed by atoms with Crippen LogP contribution >= 0.6 is 0 Å². The number of hydrazine groups is 1. The minimum Gasteiger partial charge on any atom is -0.383 e. The molecule has 0 saturated heterocycles. The molecule has 8 heteroatoms. The summed E-state index contributed by atoms with van der Waals surface area (Å²) < 4.78 is 4.88. The van der Waals surface area contributed by atoms with Crippen molar-refractivity contribution in [3.05, 3.63) is 33.9 Å². The van der Waals surface area contributed by atoms with Gasteiger partial charge in [-0.1, -0.05) is 0 Å². The molecule has 0 unspecified atom stereocenters. The molecule has 8 nitrogen and oxygen atoms in total. The zero-order valence-electron chi connectivity index (χ0n) is 10.8. The zero-order valence-corrected chi connectivity index (χ0v) is 10.8. The number of carbonyl (C=O) groups excluding carboxylic acids is 1. The number of nitrogens with one attached hydrogen (secondary N) is 1.